The predicted molar refractivity (Wildman–Crippen MR) is 75.8 cm³/mol. The summed E-state index contributed by atoms with van der Waals surface area (Å²) in [4.78, 5) is 12.3. The maximum absolute atomic E-state index is 12.3. The lowest BCUT2D eigenvalue weighted by molar-refractivity contribution is -0.123. The molecule has 3 aliphatic rings. The molecule has 2 aliphatic heterocycles. The molecule has 2 saturated heterocycles. The van der Waals surface area contributed by atoms with Crippen LogP contribution in [0, 0.1) is 5.92 Å². The van der Waals surface area contributed by atoms with Crippen LogP contribution in [-0.2, 0) is 4.79 Å². The molecular formula is C14H24N2OS. The van der Waals surface area contributed by atoms with Crippen molar-refractivity contribution in [3.05, 3.63) is 0 Å². The van der Waals surface area contributed by atoms with Crippen molar-refractivity contribution in [1.29, 1.82) is 0 Å². The quantitative estimate of drug-likeness (QED) is 0.804. The summed E-state index contributed by atoms with van der Waals surface area (Å²) in [5.74, 6) is 3.43. The SMILES string of the molecule is O=C(NC1CCSCC1)C1CC2CCCCC2N1. The zero-order valence-electron chi connectivity index (χ0n) is 11.0. The highest BCUT2D eigenvalue weighted by Gasteiger charge is 2.38. The molecule has 1 amide bonds. The summed E-state index contributed by atoms with van der Waals surface area (Å²) in [5.41, 5.74) is 0. The molecule has 1 aliphatic carbocycles. The number of thioether (sulfide) groups is 1. The van der Waals surface area contributed by atoms with Crippen LogP contribution in [0.2, 0.25) is 0 Å². The van der Waals surface area contributed by atoms with Gasteiger partial charge in [-0.25, -0.2) is 0 Å². The average Bonchev–Trinajstić information content (AvgIpc) is 2.84. The summed E-state index contributed by atoms with van der Waals surface area (Å²) in [6, 6.07) is 1.15. The summed E-state index contributed by atoms with van der Waals surface area (Å²) in [7, 11) is 0. The highest BCUT2D eigenvalue weighted by Crippen LogP contribution is 2.33. The van der Waals surface area contributed by atoms with Gasteiger partial charge in [-0.1, -0.05) is 12.8 Å². The standard InChI is InChI=1S/C14H24N2OS/c17-14(15-11-5-7-18-8-6-11)13-9-10-3-1-2-4-12(10)16-13/h10-13,16H,1-9H2,(H,15,17). The second-order valence-corrected chi connectivity index (χ2v) is 7.23. The maximum atomic E-state index is 12.3. The van der Waals surface area contributed by atoms with Crippen molar-refractivity contribution in [3.63, 3.8) is 0 Å². The van der Waals surface area contributed by atoms with Gasteiger partial charge in [0.25, 0.3) is 0 Å². The molecule has 3 unspecified atom stereocenters. The lowest BCUT2D eigenvalue weighted by atomic mass is 9.85. The molecule has 0 radical (unpaired) electrons. The minimum atomic E-state index is 0.0904. The Labute approximate surface area is 114 Å². The van der Waals surface area contributed by atoms with Crippen molar-refractivity contribution in [1.82, 2.24) is 10.6 Å². The van der Waals surface area contributed by atoms with Crippen LogP contribution < -0.4 is 10.6 Å². The van der Waals surface area contributed by atoms with E-state index >= 15 is 0 Å². The van der Waals surface area contributed by atoms with Gasteiger partial charge in [0.05, 0.1) is 6.04 Å². The smallest absolute Gasteiger partial charge is 0.237 e. The van der Waals surface area contributed by atoms with Crippen molar-refractivity contribution >= 4 is 17.7 Å². The summed E-state index contributed by atoms with van der Waals surface area (Å²) in [6.07, 6.45) is 8.65. The van der Waals surface area contributed by atoms with Gasteiger partial charge < -0.3 is 10.6 Å². The summed E-state index contributed by atoms with van der Waals surface area (Å²) >= 11 is 2.01. The zero-order chi connectivity index (χ0) is 12.4. The van der Waals surface area contributed by atoms with E-state index in [1.165, 1.54) is 37.2 Å². The average molecular weight is 268 g/mol. The third kappa shape index (κ3) is 2.85. The fourth-order valence-corrected chi connectivity index (χ4v) is 4.77. The number of carbonyl (C=O) groups excluding carboxylic acids is 1. The maximum Gasteiger partial charge on any atom is 0.237 e. The van der Waals surface area contributed by atoms with E-state index in [1.54, 1.807) is 0 Å². The van der Waals surface area contributed by atoms with Gasteiger partial charge in [0.2, 0.25) is 5.91 Å². The molecule has 3 rings (SSSR count). The van der Waals surface area contributed by atoms with E-state index in [4.69, 9.17) is 0 Å². The first-order chi connectivity index (χ1) is 8.83. The van der Waals surface area contributed by atoms with Gasteiger partial charge in [0, 0.05) is 12.1 Å². The molecule has 4 heteroatoms. The number of nitrogens with one attached hydrogen (secondary N) is 2. The van der Waals surface area contributed by atoms with Gasteiger partial charge in [-0.3, -0.25) is 4.79 Å². The van der Waals surface area contributed by atoms with Crippen molar-refractivity contribution < 1.29 is 4.79 Å². The molecule has 0 aromatic rings. The molecule has 102 valence electrons. The summed E-state index contributed by atoms with van der Waals surface area (Å²) in [5, 5.41) is 6.82. The third-order valence-electron chi connectivity index (χ3n) is 4.75. The van der Waals surface area contributed by atoms with Gasteiger partial charge in [-0.2, -0.15) is 11.8 Å². The van der Waals surface area contributed by atoms with Gasteiger partial charge in [0.15, 0.2) is 0 Å². The number of rotatable bonds is 2. The fourth-order valence-electron chi connectivity index (χ4n) is 3.66. The second-order valence-electron chi connectivity index (χ2n) is 6.00. The number of fused-ring (bicyclic) bond motifs is 1. The monoisotopic (exact) mass is 268 g/mol. The summed E-state index contributed by atoms with van der Waals surface area (Å²) < 4.78 is 0. The van der Waals surface area contributed by atoms with Crippen molar-refractivity contribution in [2.75, 3.05) is 11.5 Å². The third-order valence-corrected chi connectivity index (χ3v) is 5.80. The fraction of sp³-hybridized carbons (Fsp3) is 0.929. The van der Waals surface area contributed by atoms with Crippen LogP contribution in [0.1, 0.15) is 44.9 Å². The van der Waals surface area contributed by atoms with E-state index in [0.29, 0.717) is 12.1 Å². The molecule has 0 aromatic heterocycles. The Hall–Kier alpha value is -0.220. The highest BCUT2D eigenvalue weighted by molar-refractivity contribution is 7.99. The molecule has 18 heavy (non-hydrogen) atoms. The van der Waals surface area contributed by atoms with E-state index in [0.717, 1.165) is 25.2 Å². The van der Waals surface area contributed by atoms with Crippen molar-refractivity contribution in [2.24, 2.45) is 5.92 Å². The van der Waals surface area contributed by atoms with Crippen LogP contribution in [-0.4, -0.2) is 35.5 Å². The number of hydrogen-bond donors (Lipinski definition) is 2. The van der Waals surface area contributed by atoms with Crippen molar-refractivity contribution in [3.8, 4) is 0 Å². The molecule has 0 aromatic carbocycles. The van der Waals surface area contributed by atoms with Gasteiger partial charge >= 0.3 is 0 Å². The van der Waals surface area contributed by atoms with E-state index < -0.39 is 0 Å². The first-order valence-corrected chi connectivity index (χ1v) is 8.62. The Morgan fingerprint density at radius 3 is 2.67 bits per heavy atom. The summed E-state index contributed by atoms with van der Waals surface area (Å²) in [6.45, 7) is 0. The Morgan fingerprint density at radius 2 is 1.89 bits per heavy atom. The molecule has 0 bridgehead atoms. The van der Waals surface area contributed by atoms with E-state index in [2.05, 4.69) is 10.6 Å². The molecule has 1 saturated carbocycles. The topological polar surface area (TPSA) is 41.1 Å². The molecule has 3 atom stereocenters. The number of amides is 1. The molecule has 3 nitrogen and oxygen atoms in total. The number of carbonyl (C=O) groups is 1. The van der Waals surface area contributed by atoms with E-state index in [9.17, 15) is 4.79 Å². The molecule has 2 heterocycles. The van der Waals surface area contributed by atoms with Crippen LogP contribution >= 0.6 is 11.8 Å². The minimum absolute atomic E-state index is 0.0904. The largest absolute Gasteiger partial charge is 0.352 e. The highest BCUT2D eigenvalue weighted by atomic mass is 32.2. The lowest BCUT2D eigenvalue weighted by Crippen LogP contribution is -2.47. The molecule has 0 spiro atoms. The second kappa shape index (κ2) is 5.83. The van der Waals surface area contributed by atoms with Crippen LogP contribution in [0.15, 0.2) is 0 Å². The first kappa shape index (κ1) is 12.8. The van der Waals surface area contributed by atoms with Gasteiger partial charge in [-0.15, -0.1) is 0 Å². The molecule has 2 N–H and O–H groups in total. The van der Waals surface area contributed by atoms with Crippen molar-refractivity contribution in [2.45, 2.75) is 63.1 Å². The van der Waals surface area contributed by atoms with Crippen LogP contribution in [0.25, 0.3) is 0 Å². The molecule has 3 fully saturated rings. The minimum Gasteiger partial charge on any atom is -0.352 e. The lowest BCUT2D eigenvalue weighted by Gasteiger charge is -2.25. The first-order valence-electron chi connectivity index (χ1n) is 7.47. The normalized spacial score (nSPS) is 37.2. The van der Waals surface area contributed by atoms with Gasteiger partial charge in [-0.05, 0) is 49.5 Å². The van der Waals surface area contributed by atoms with Crippen LogP contribution in [0.3, 0.4) is 0 Å². The Kier molecular flexibility index (Phi) is 4.14. The Balaban J connectivity index is 1.50. The zero-order valence-corrected chi connectivity index (χ0v) is 11.8. The van der Waals surface area contributed by atoms with E-state index in [1.807, 2.05) is 11.8 Å². The van der Waals surface area contributed by atoms with E-state index in [-0.39, 0.29) is 11.9 Å². The predicted octanol–water partition coefficient (Wildman–Crippen LogP) is 1.92. The molecular weight excluding hydrogens is 244 g/mol. The van der Waals surface area contributed by atoms with Crippen LogP contribution in [0.5, 0.6) is 0 Å². The Morgan fingerprint density at radius 1 is 1.11 bits per heavy atom. The number of hydrogen-bond acceptors (Lipinski definition) is 3. The van der Waals surface area contributed by atoms with Crippen LogP contribution in [0.4, 0.5) is 0 Å². The van der Waals surface area contributed by atoms with Gasteiger partial charge in [0.1, 0.15) is 0 Å². The Bertz CT molecular complexity index is 290.